The SMILES string of the molecule is CC[C@H](C)[C@H](NC(=O)[C@@H](NC(=O)[C@H](CCC(=O)O)NC(=O)[C@H](C)NC(=O)[C@@H](N)CCCN=C(N)N)[C@@H](C)O)C(=O)N[C@@H](CCC(=O)O)C(=O)N[C@@H](CCSC)C(=O)O. The van der Waals surface area contributed by atoms with Gasteiger partial charge in [0.25, 0.3) is 0 Å². The van der Waals surface area contributed by atoms with Crippen LogP contribution in [0.25, 0.3) is 0 Å². The molecule has 16 N–H and O–H groups in total. The molecule has 330 valence electrons. The number of hydrogen-bond donors (Lipinski definition) is 13. The maximum atomic E-state index is 13.6. The van der Waals surface area contributed by atoms with Crippen LogP contribution in [0, 0.1) is 5.92 Å². The summed E-state index contributed by atoms with van der Waals surface area (Å²) in [6, 6.07) is -10.0. The number of carboxylic acids is 3. The van der Waals surface area contributed by atoms with Crippen molar-refractivity contribution in [2.24, 2.45) is 28.1 Å². The molecule has 0 unspecified atom stereocenters. The average Bonchev–Trinajstić information content (AvgIpc) is 3.14. The third-order valence-corrected chi connectivity index (χ3v) is 9.34. The van der Waals surface area contributed by atoms with E-state index in [1.54, 1.807) is 20.1 Å². The molecule has 58 heavy (non-hydrogen) atoms. The van der Waals surface area contributed by atoms with Gasteiger partial charge in [0.05, 0.1) is 12.1 Å². The number of carbonyl (C=O) groups excluding carboxylic acids is 6. The largest absolute Gasteiger partial charge is 0.481 e. The van der Waals surface area contributed by atoms with Crippen molar-refractivity contribution in [2.45, 2.75) is 127 Å². The molecule has 0 rings (SSSR count). The first kappa shape index (κ1) is 52.8. The van der Waals surface area contributed by atoms with E-state index in [1.807, 2.05) is 0 Å². The van der Waals surface area contributed by atoms with E-state index in [9.17, 15) is 63.6 Å². The normalized spacial score (nSPS) is 15.6. The Morgan fingerprint density at radius 2 is 1.12 bits per heavy atom. The van der Waals surface area contributed by atoms with Gasteiger partial charge in [-0.05, 0) is 63.9 Å². The summed E-state index contributed by atoms with van der Waals surface area (Å²) in [5.74, 6) is -10.2. The predicted octanol–water partition coefficient (Wildman–Crippen LogP) is -3.71. The van der Waals surface area contributed by atoms with Gasteiger partial charge in [-0.1, -0.05) is 20.3 Å². The van der Waals surface area contributed by atoms with Gasteiger partial charge in [-0.3, -0.25) is 43.3 Å². The zero-order valence-electron chi connectivity index (χ0n) is 33.3. The van der Waals surface area contributed by atoms with Gasteiger partial charge >= 0.3 is 17.9 Å². The molecule has 0 aromatic carbocycles. The lowest BCUT2D eigenvalue weighted by molar-refractivity contribution is -0.143. The van der Waals surface area contributed by atoms with Crippen molar-refractivity contribution in [3.63, 3.8) is 0 Å². The third kappa shape index (κ3) is 20.8. The van der Waals surface area contributed by atoms with E-state index in [4.69, 9.17) is 17.2 Å². The molecule has 0 heterocycles. The van der Waals surface area contributed by atoms with Crippen LogP contribution in [0.1, 0.15) is 79.1 Å². The number of thioether (sulfide) groups is 1. The lowest BCUT2D eigenvalue weighted by atomic mass is 9.96. The van der Waals surface area contributed by atoms with E-state index < -0.39 is 133 Å². The average molecular weight is 849 g/mol. The molecule has 0 bridgehead atoms. The highest BCUT2D eigenvalue weighted by Gasteiger charge is 2.36. The molecule has 9 atom stereocenters. The van der Waals surface area contributed by atoms with Crippen LogP contribution in [0.3, 0.4) is 0 Å². The second kappa shape index (κ2) is 27.4. The van der Waals surface area contributed by atoms with Crippen LogP contribution in [0.15, 0.2) is 4.99 Å². The number of carboxylic acid groups (broad SMARTS) is 3. The van der Waals surface area contributed by atoms with Crippen LogP contribution >= 0.6 is 11.8 Å². The van der Waals surface area contributed by atoms with Gasteiger partial charge in [-0.15, -0.1) is 0 Å². The van der Waals surface area contributed by atoms with Crippen LogP contribution in [-0.2, 0) is 43.2 Å². The van der Waals surface area contributed by atoms with Gasteiger partial charge in [0.1, 0.15) is 36.3 Å². The molecule has 0 spiro atoms. The maximum absolute atomic E-state index is 13.6. The Hall–Kier alpha value is -5.23. The topological polar surface area (TPSA) is 397 Å². The summed E-state index contributed by atoms with van der Waals surface area (Å²) in [4.78, 5) is 118. The van der Waals surface area contributed by atoms with Crippen LogP contribution < -0.4 is 49.1 Å². The summed E-state index contributed by atoms with van der Waals surface area (Å²) in [5, 5.41) is 52.7. The minimum absolute atomic E-state index is 0.0363. The Kier molecular flexibility index (Phi) is 24.9. The first-order valence-corrected chi connectivity index (χ1v) is 19.9. The monoisotopic (exact) mass is 848 g/mol. The number of guanidine groups is 1. The van der Waals surface area contributed by atoms with Gasteiger partial charge in [-0.2, -0.15) is 11.8 Å². The number of hydrogen-bond acceptors (Lipinski definition) is 13. The van der Waals surface area contributed by atoms with Crippen molar-refractivity contribution in [2.75, 3.05) is 18.6 Å². The Bertz CT molecular complexity index is 1460. The van der Waals surface area contributed by atoms with Crippen molar-refractivity contribution in [3.05, 3.63) is 0 Å². The minimum atomic E-state index is -1.79. The number of aliphatic hydroxyl groups is 1. The maximum Gasteiger partial charge on any atom is 0.326 e. The van der Waals surface area contributed by atoms with Gasteiger partial charge in [0.15, 0.2) is 5.96 Å². The molecule has 23 nitrogen and oxygen atoms in total. The third-order valence-electron chi connectivity index (χ3n) is 8.70. The van der Waals surface area contributed by atoms with Gasteiger partial charge in [0, 0.05) is 19.4 Å². The summed E-state index contributed by atoms with van der Waals surface area (Å²) in [6.45, 7) is 5.86. The predicted molar refractivity (Wildman–Crippen MR) is 211 cm³/mol. The zero-order chi connectivity index (χ0) is 44.7. The van der Waals surface area contributed by atoms with Crippen molar-refractivity contribution >= 4 is 71.1 Å². The molecule has 6 amide bonds. The number of aliphatic imine (C=N–C) groups is 1. The fourth-order valence-electron chi connectivity index (χ4n) is 5.04. The van der Waals surface area contributed by atoms with Crippen molar-refractivity contribution in [3.8, 4) is 0 Å². The quantitative estimate of drug-likeness (QED) is 0.0196. The molecular weight excluding hydrogens is 788 g/mol. The number of amides is 6. The number of aliphatic carboxylic acids is 3. The molecule has 0 saturated carbocycles. The summed E-state index contributed by atoms with van der Waals surface area (Å²) < 4.78 is 0. The Morgan fingerprint density at radius 3 is 1.59 bits per heavy atom. The Balaban J connectivity index is 6.11. The number of carbonyl (C=O) groups is 9. The molecule has 0 aliphatic carbocycles. The number of aliphatic hydroxyl groups excluding tert-OH is 1. The second-order valence-corrected chi connectivity index (χ2v) is 14.5. The molecular formula is C34H60N10O13S. The molecule has 0 fully saturated rings. The molecule has 0 aliphatic heterocycles. The number of rotatable bonds is 29. The van der Waals surface area contributed by atoms with E-state index in [0.717, 1.165) is 6.92 Å². The molecule has 0 radical (unpaired) electrons. The number of nitrogens with two attached hydrogens (primary N) is 3. The standard InChI is InChI=1S/C34H60N10O13S/c1-6-16(2)25(31(54)41-20(9-11-23(46)47)29(52)42-22(33(56)57)13-15-58-5)43-32(55)26(18(4)45)44-30(53)21(10-12-24(48)49)40-27(50)17(3)39-28(51)19(35)8-7-14-38-34(36)37/h16-22,25-26,45H,6-15,35H2,1-5H3,(H,39,51)(H,40,50)(H,41,54)(H,42,52)(H,43,55)(H,44,53)(H,46,47)(H,48,49)(H,56,57)(H4,36,37,38)/t16-,17-,18+,19-,20-,21-,22-,25-,26-/m0/s1. The minimum Gasteiger partial charge on any atom is -0.481 e. The van der Waals surface area contributed by atoms with Crippen molar-refractivity contribution in [1.82, 2.24) is 31.9 Å². The Labute approximate surface area is 340 Å². The lowest BCUT2D eigenvalue weighted by Gasteiger charge is -2.30. The Morgan fingerprint density at radius 1 is 0.638 bits per heavy atom. The fourth-order valence-corrected chi connectivity index (χ4v) is 5.51. The molecule has 0 aromatic rings. The van der Waals surface area contributed by atoms with Crippen molar-refractivity contribution in [1.29, 1.82) is 0 Å². The number of nitrogens with zero attached hydrogens (tertiary/aromatic N) is 1. The molecule has 0 aliphatic rings. The van der Waals surface area contributed by atoms with E-state index in [2.05, 4.69) is 36.9 Å². The van der Waals surface area contributed by atoms with E-state index in [0.29, 0.717) is 12.2 Å². The highest BCUT2D eigenvalue weighted by molar-refractivity contribution is 7.98. The van der Waals surface area contributed by atoms with Crippen LogP contribution in [-0.4, -0.2) is 147 Å². The smallest absolute Gasteiger partial charge is 0.326 e. The molecule has 0 aromatic heterocycles. The van der Waals surface area contributed by atoms with Crippen LogP contribution in [0.2, 0.25) is 0 Å². The van der Waals surface area contributed by atoms with Gasteiger partial charge in [-0.25, -0.2) is 4.79 Å². The highest BCUT2D eigenvalue weighted by Crippen LogP contribution is 2.12. The van der Waals surface area contributed by atoms with E-state index >= 15 is 0 Å². The second-order valence-electron chi connectivity index (χ2n) is 13.6. The van der Waals surface area contributed by atoms with E-state index in [-0.39, 0.29) is 31.8 Å². The van der Waals surface area contributed by atoms with Crippen LogP contribution in [0.4, 0.5) is 0 Å². The van der Waals surface area contributed by atoms with E-state index in [1.165, 1.54) is 18.7 Å². The molecule has 24 heteroatoms. The summed E-state index contributed by atoms with van der Waals surface area (Å²) in [5.41, 5.74) is 16.4. The van der Waals surface area contributed by atoms with Gasteiger partial charge in [0.2, 0.25) is 35.4 Å². The number of nitrogens with one attached hydrogen (secondary N) is 6. The lowest BCUT2D eigenvalue weighted by Crippen LogP contribution is -2.62. The summed E-state index contributed by atoms with van der Waals surface area (Å²) >= 11 is 1.33. The fraction of sp³-hybridized carbons (Fsp3) is 0.706. The zero-order valence-corrected chi connectivity index (χ0v) is 34.1. The first-order chi connectivity index (χ1) is 27.0. The van der Waals surface area contributed by atoms with Crippen LogP contribution in [0.5, 0.6) is 0 Å². The summed E-state index contributed by atoms with van der Waals surface area (Å²) in [6.07, 6.45) is -1.21. The molecule has 0 saturated heterocycles. The summed E-state index contributed by atoms with van der Waals surface area (Å²) in [7, 11) is 0. The highest BCUT2D eigenvalue weighted by atomic mass is 32.2. The van der Waals surface area contributed by atoms with Gasteiger partial charge < -0.3 is 69.5 Å². The first-order valence-electron chi connectivity index (χ1n) is 18.5. The van der Waals surface area contributed by atoms with Crippen molar-refractivity contribution < 1.29 is 63.6 Å².